The molecule has 0 bridgehead atoms. The average molecular weight is 680 g/mol. The van der Waals surface area contributed by atoms with Crippen molar-refractivity contribution < 1.29 is 0 Å². The lowest BCUT2D eigenvalue weighted by Crippen LogP contribution is -2.09. The molecule has 1 aromatic heterocycles. The van der Waals surface area contributed by atoms with Crippen molar-refractivity contribution in [3.8, 4) is 33.4 Å². The van der Waals surface area contributed by atoms with Gasteiger partial charge < -0.3 is 4.90 Å². The van der Waals surface area contributed by atoms with Gasteiger partial charge in [0.1, 0.15) is 0 Å². The van der Waals surface area contributed by atoms with Crippen molar-refractivity contribution in [2.75, 3.05) is 4.90 Å². The van der Waals surface area contributed by atoms with E-state index in [-0.39, 0.29) is 0 Å². The van der Waals surface area contributed by atoms with Crippen LogP contribution in [-0.2, 0) is 0 Å². The van der Waals surface area contributed by atoms with E-state index in [1.807, 2.05) is 11.3 Å². The molecule has 0 amide bonds. The Hall–Kier alpha value is -6.48. The molecule has 0 radical (unpaired) electrons. The molecular formula is C50H33NS. The van der Waals surface area contributed by atoms with Crippen LogP contribution in [0.1, 0.15) is 0 Å². The van der Waals surface area contributed by atoms with Gasteiger partial charge in [-0.15, -0.1) is 11.3 Å². The van der Waals surface area contributed by atoms with E-state index in [4.69, 9.17) is 0 Å². The van der Waals surface area contributed by atoms with E-state index >= 15 is 0 Å². The van der Waals surface area contributed by atoms with Gasteiger partial charge in [0.2, 0.25) is 0 Å². The molecule has 0 N–H and O–H groups in total. The van der Waals surface area contributed by atoms with E-state index in [9.17, 15) is 0 Å². The lowest BCUT2D eigenvalue weighted by molar-refractivity contribution is 1.30. The fourth-order valence-corrected chi connectivity index (χ4v) is 8.62. The number of anilines is 3. The summed E-state index contributed by atoms with van der Waals surface area (Å²) in [7, 11) is 0. The quantitative estimate of drug-likeness (QED) is 0.169. The Kier molecular flexibility index (Phi) is 7.41. The largest absolute Gasteiger partial charge is 0.310 e. The number of thiophene rings is 1. The summed E-state index contributed by atoms with van der Waals surface area (Å²) < 4.78 is 2.62. The number of nitrogens with zero attached hydrogens (tertiary/aromatic N) is 1. The van der Waals surface area contributed by atoms with Gasteiger partial charge in [0, 0.05) is 37.2 Å². The standard InChI is InChI=1S/C50H33NS/c1-2-9-34(10-3-1)36-21-24-44(25-22-36)51(46-27-28-50-48(33-46)47-15-6-7-16-49(47)52-50)45-26-23-37-18-20-42(31-43(37)32-45)40-14-8-13-39(30-40)41-19-17-35-11-4-5-12-38(35)29-41/h1-33H. The van der Waals surface area contributed by atoms with Gasteiger partial charge >= 0.3 is 0 Å². The monoisotopic (exact) mass is 679 g/mol. The average Bonchev–Trinajstić information content (AvgIpc) is 3.59. The maximum atomic E-state index is 2.40. The molecule has 1 nitrogen and oxygen atoms in total. The Morgan fingerprint density at radius 2 is 0.788 bits per heavy atom. The van der Waals surface area contributed by atoms with Crippen molar-refractivity contribution in [1.82, 2.24) is 0 Å². The van der Waals surface area contributed by atoms with Crippen LogP contribution in [0, 0.1) is 0 Å². The Morgan fingerprint density at radius 3 is 1.60 bits per heavy atom. The van der Waals surface area contributed by atoms with Gasteiger partial charge in [0.25, 0.3) is 0 Å². The third kappa shape index (κ3) is 5.51. The summed E-state index contributed by atoms with van der Waals surface area (Å²) in [4.78, 5) is 2.40. The van der Waals surface area contributed by atoms with E-state index < -0.39 is 0 Å². The number of hydrogen-bond donors (Lipinski definition) is 0. The summed E-state index contributed by atoms with van der Waals surface area (Å²) in [6.45, 7) is 0. The van der Waals surface area contributed by atoms with Gasteiger partial charge in [-0.1, -0.05) is 133 Å². The van der Waals surface area contributed by atoms with Crippen LogP contribution >= 0.6 is 11.3 Å². The number of hydrogen-bond acceptors (Lipinski definition) is 2. The fraction of sp³-hybridized carbons (Fsp3) is 0. The molecule has 1 heterocycles. The first-order chi connectivity index (χ1) is 25.7. The lowest BCUT2D eigenvalue weighted by Gasteiger charge is -2.26. The van der Waals surface area contributed by atoms with Gasteiger partial charge in [-0.05, 0) is 122 Å². The highest BCUT2D eigenvalue weighted by Gasteiger charge is 2.16. The van der Waals surface area contributed by atoms with Gasteiger partial charge in [-0.3, -0.25) is 0 Å². The maximum absolute atomic E-state index is 2.40. The molecule has 0 unspecified atom stereocenters. The minimum atomic E-state index is 1.12. The van der Waals surface area contributed by atoms with Crippen molar-refractivity contribution in [3.63, 3.8) is 0 Å². The van der Waals surface area contributed by atoms with E-state index in [0.717, 1.165) is 17.1 Å². The van der Waals surface area contributed by atoms with Gasteiger partial charge in [0.05, 0.1) is 0 Å². The highest BCUT2D eigenvalue weighted by Crippen LogP contribution is 2.42. The first-order valence-electron chi connectivity index (χ1n) is 17.7. The van der Waals surface area contributed by atoms with Crippen molar-refractivity contribution in [3.05, 3.63) is 200 Å². The SMILES string of the molecule is c1ccc(-c2ccc(N(c3ccc4ccc(-c5cccc(-c6ccc7ccccc7c6)c5)cc4c3)c3ccc4sc5ccccc5c4c3)cc2)cc1. The van der Waals surface area contributed by atoms with Crippen molar-refractivity contribution in [2.24, 2.45) is 0 Å². The minimum Gasteiger partial charge on any atom is -0.310 e. The summed E-state index contributed by atoms with van der Waals surface area (Å²) in [5, 5.41) is 7.54. The van der Waals surface area contributed by atoms with Crippen LogP contribution in [0.25, 0.3) is 75.1 Å². The number of fused-ring (bicyclic) bond motifs is 5. The molecule has 2 heteroatoms. The van der Waals surface area contributed by atoms with Crippen LogP contribution in [0.2, 0.25) is 0 Å². The molecule has 0 aliphatic rings. The van der Waals surface area contributed by atoms with E-state index in [1.165, 1.54) is 75.1 Å². The van der Waals surface area contributed by atoms with Gasteiger partial charge in [-0.25, -0.2) is 0 Å². The number of rotatable bonds is 6. The van der Waals surface area contributed by atoms with E-state index in [1.54, 1.807) is 0 Å². The van der Waals surface area contributed by atoms with Crippen LogP contribution in [-0.4, -0.2) is 0 Å². The molecule has 10 rings (SSSR count). The molecule has 10 aromatic rings. The molecule has 0 aliphatic heterocycles. The molecule has 0 aliphatic carbocycles. The second-order valence-electron chi connectivity index (χ2n) is 13.4. The topological polar surface area (TPSA) is 3.24 Å². The predicted molar refractivity (Wildman–Crippen MR) is 225 cm³/mol. The lowest BCUT2D eigenvalue weighted by atomic mass is 9.96. The third-order valence-electron chi connectivity index (χ3n) is 10.2. The second-order valence-corrected chi connectivity index (χ2v) is 14.5. The van der Waals surface area contributed by atoms with Crippen molar-refractivity contribution in [2.45, 2.75) is 0 Å². The van der Waals surface area contributed by atoms with E-state index in [2.05, 4.69) is 205 Å². The molecule has 0 saturated heterocycles. The van der Waals surface area contributed by atoms with E-state index in [0.29, 0.717) is 0 Å². The van der Waals surface area contributed by atoms with Crippen molar-refractivity contribution >= 4 is 70.1 Å². The molecule has 9 aromatic carbocycles. The maximum Gasteiger partial charge on any atom is 0.0468 e. The predicted octanol–water partition coefficient (Wildman–Crippen LogP) is 14.8. The Bertz CT molecular complexity index is 2900. The highest BCUT2D eigenvalue weighted by atomic mass is 32.1. The summed E-state index contributed by atoms with van der Waals surface area (Å²) in [6.07, 6.45) is 0. The summed E-state index contributed by atoms with van der Waals surface area (Å²) in [6, 6.07) is 73.1. The summed E-state index contributed by atoms with van der Waals surface area (Å²) in [5.74, 6) is 0. The Labute approximate surface area is 307 Å². The van der Waals surface area contributed by atoms with Gasteiger partial charge in [-0.2, -0.15) is 0 Å². The van der Waals surface area contributed by atoms with Gasteiger partial charge in [0.15, 0.2) is 0 Å². The Balaban J connectivity index is 1.08. The second kappa shape index (κ2) is 12.7. The normalized spacial score (nSPS) is 11.5. The zero-order chi connectivity index (χ0) is 34.4. The molecule has 52 heavy (non-hydrogen) atoms. The van der Waals surface area contributed by atoms with Crippen LogP contribution < -0.4 is 4.90 Å². The van der Waals surface area contributed by atoms with Crippen molar-refractivity contribution in [1.29, 1.82) is 0 Å². The summed E-state index contributed by atoms with van der Waals surface area (Å²) in [5.41, 5.74) is 10.7. The zero-order valence-electron chi connectivity index (χ0n) is 28.4. The first kappa shape index (κ1) is 30.4. The zero-order valence-corrected chi connectivity index (χ0v) is 29.2. The third-order valence-corrected chi connectivity index (χ3v) is 11.4. The summed E-state index contributed by atoms with van der Waals surface area (Å²) >= 11 is 1.86. The molecule has 0 saturated carbocycles. The van der Waals surface area contributed by atoms with Crippen LogP contribution in [0.5, 0.6) is 0 Å². The van der Waals surface area contributed by atoms with Crippen LogP contribution in [0.4, 0.5) is 17.1 Å². The first-order valence-corrected chi connectivity index (χ1v) is 18.6. The van der Waals surface area contributed by atoms with Crippen LogP contribution in [0.3, 0.4) is 0 Å². The molecule has 0 atom stereocenters. The molecule has 0 spiro atoms. The molecule has 0 fully saturated rings. The molecular weight excluding hydrogens is 647 g/mol. The number of benzene rings is 9. The highest BCUT2D eigenvalue weighted by molar-refractivity contribution is 7.25. The minimum absolute atomic E-state index is 1.12. The smallest absolute Gasteiger partial charge is 0.0468 e. The van der Waals surface area contributed by atoms with Crippen LogP contribution in [0.15, 0.2) is 200 Å². The molecule has 244 valence electrons. The Morgan fingerprint density at radius 1 is 0.269 bits per heavy atom. The fourth-order valence-electron chi connectivity index (χ4n) is 7.53.